The van der Waals surface area contributed by atoms with Crippen LogP contribution in [0.5, 0.6) is 11.5 Å². The normalized spacial score (nSPS) is 11.9. The quantitative estimate of drug-likeness (QED) is 0.487. The molecule has 32 heavy (non-hydrogen) atoms. The monoisotopic (exact) mass is 438 g/mol. The molecule has 8 heteroatoms. The minimum atomic E-state index is -0.284. The van der Waals surface area contributed by atoms with E-state index in [2.05, 4.69) is 34.0 Å². The highest BCUT2D eigenvalue weighted by molar-refractivity contribution is 5.91. The molecule has 0 radical (unpaired) electrons. The number of oxazole rings is 1. The maximum absolute atomic E-state index is 12.5. The molecule has 1 atom stereocenters. The molecule has 0 aliphatic carbocycles. The predicted molar refractivity (Wildman–Crippen MR) is 120 cm³/mol. The van der Waals surface area contributed by atoms with Gasteiger partial charge in [0.25, 0.3) is 5.91 Å². The predicted octanol–water partition coefficient (Wildman–Crippen LogP) is 3.82. The van der Waals surface area contributed by atoms with Crippen LogP contribution in [-0.2, 0) is 19.6 Å². The number of hydrogen-bond donors (Lipinski definition) is 1. The fraction of sp³-hybridized carbons (Fsp3) is 0.375. The van der Waals surface area contributed by atoms with E-state index in [-0.39, 0.29) is 17.6 Å². The van der Waals surface area contributed by atoms with Gasteiger partial charge < -0.3 is 19.2 Å². The molecule has 0 unspecified atom stereocenters. The highest BCUT2D eigenvalue weighted by atomic mass is 16.5. The van der Waals surface area contributed by atoms with Crippen molar-refractivity contribution in [2.75, 3.05) is 14.2 Å². The second-order valence-electron chi connectivity index (χ2n) is 7.51. The van der Waals surface area contributed by atoms with Crippen LogP contribution in [0, 0.1) is 0 Å². The Kier molecular flexibility index (Phi) is 8.21. The van der Waals surface area contributed by atoms with Crippen molar-refractivity contribution in [3.05, 3.63) is 71.7 Å². The first kappa shape index (κ1) is 23.3. The molecule has 0 saturated heterocycles. The Morgan fingerprint density at radius 1 is 1.22 bits per heavy atom. The average Bonchev–Trinajstić information content (AvgIpc) is 3.30. The maximum atomic E-state index is 12.5. The van der Waals surface area contributed by atoms with Crippen molar-refractivity contribution in [2.24, 2.45) is 0 Å². The number of methoxy groups -OCH3 is 2. The minimum absolute atomic E-state index is 0.256. The Balaban J connectivity index is 1.69. The van der Waals surface area contributed by atoms with Crippen molar-refractivity contribution < 1.29 is 18.7 Å². The number of aromatic nitrogens is 2. The molecule has 2 aromatic heterocycles. The van der Waals surface area contributed by atoms with Crippen molar-refractivity contribution in [2.45, 2.75) is 45.9 Å². The summed E-state index contributed by atoms with van der Waals surface area (Å²) in [6, 6.07) is 9.75. The molecule has 1 N–H and O–H groups in total. The van der Waals surface area contributed by atoms with Crippen LogP contribution < -0.4 is 14.8 Å². The molecule has 3 rings (SSSR count). The van der Waals surface area contributed by atoms with Gasteiger partial charge in [0.2, 0.25) is 5.89 Å². The first-order chi connectivity index (χ1) is 15.5. The van der Waals surface area contributed by atoms with Crippen molar-refractivity contribution in [3.8, 4) is 11.5 Å². The smallest absolute Gasteiger partial charge is 0.273 e. The molecule has 0 spiro atoms. The van der Waals surface area contributed by atoms with Gasteiger partial charge in [-0.05, 0) is 43.2 Å². The molecule has 0 fully saturated rings. The number of pyridine rings is 1. The molecule has 170 valence electrons. The maximum Gasteiger partial charge on any atom is 0.273 e. The van der Waals surface area contributed by atoms with Gasteiger partial charge in [0.15, 0.2) is 5.69 Å². The number of carbonyl (C=O) groups is 1. The topological polar surface area (TPSA) is 89.7 Å². The second kappa shape index (κ2) is 11.3. The molecule has 0 aliphatic rings. The zero-order valence-corrected chi connectivity index (χ0v) is 19.0. The van der Waals surface area contributed by atoms with Crippen LogP contribution in [0.4, 0.5) is 0 Å². The molecule has 0 saturated carbocycles. The Morgan fingerprint density at radius 3 is 2.75 bits per heavy atom. The van der Waals surface area contributed by atoms with Crippen LogP contribution in [-0.4, -0.2) is 41.0 Å². The summed E-state index contributed by atoms with van der Waals surface area (Å²) in [5.41, 5.74) is 2.18. The molecule has 8 nitrogen and oxygen atoms in total. The third kappa shape index (κ3) is 6.07. The number of benzene rings is 1. The van der Waals surface area contributed by atoms with Crippen LogP contribution in [0.1, 0.15) is 47.8 Å². The van der Waals surface area contributed by atoms with Gasteiger partial charge >= 0.3 is 0 Å². The number of ether oxygens (including phenoxy) is 2. The highest BCUT2D eigenvalue weighted by Crippen LogP contribution is 2.27. The lowest BCUT2D eigenvalue weighted by molar-refractivity contribution is 0.0945. The largest absolute Gasteiger partial charge is 0.497 e. The summed E-state index contributed by atoms with van der Waals surface area (Å²) in [4.78, 5) is 23.1. The fourth-order valence-corrected chi connectivity index (χ4v) is 3.29. The number of nitrogens with one attached hydrogen (secondary N) is 1. The first-order valence-electron chi connectivity index (χ1n) is 10.6. The number of amides is 1. The van der Waals surface area contributed by atoms with Gasteiger partial charge in [0, 0.05) is 37.1 Å². The third-order valence-corrected chi connectivity index (χ3v) is 5.37. The Morgan fingerprint density at radius 2 is 2.06 bits per heavy atom. The molecule has 0 aliphatic heterocycles. The lowest BCUT2D eigenvalue weighted by atomic mass is 10.1. The van der Waals surface area contributed by atoms with Crippen LogP contribution in [0.3, 0.4) is 0 Å². The Hall–Kier alpha value is -3.39. The summed E-state index contributed by atoms with van der Waals surface area (Å²) in [5.74, 6) is 1.77. The molecule has 1 aromatic carbocycles. The number of hydrogen-bond acceptors (Lipinski definition) is 7. The van der Waals surface area contributed by atoms with Gasteiger partial charge in [-0.3, -0.25) is 14.7 Å². The molecule has 0 bridgehead atoms. The summed E-state index contributed by atoms with van der Waals surface area (Å²) in [5, 5.41) is 2.84. The summed E-state index contributed by atoms with van der Waals surface area (Å²) in [6.07, 6.45) is 5.75. The molecular formula is C24H30N4O4. The number of nitrogens with zero attached hydrogens (tertiary/aromatic N) is 3. The summed E-state index contributed by atoms with van der Waals surface area (Å²) < 4.78 is 16.5. The van der Waals surface area contributed by atoms with Gasteiger partial charge in [0.05, 0.1) is 20.8 Å². The van der Waals surface area contributed by atoms with E-state index in [0.717, 1.165) is 29.0 Å². The lowest BCUT2D eigenvalue weighted by Crippen LogP contribution is -2.32. The average molecular weight is 439 g/mol. The summed E-state index contributed by atoms with van der Waals surface area (Å²) >= 11 is 0. The molecular weight excluding hydrogens is 408 g/mol. The number of carbonyl (C=O) groups excluding carboxylic acids is 1. The van der Waals surface area contributed by atoms with Crippen LogP contribution in [0.25, 0.3) is 0 Å². The zero-order valence-electron chi connectivity index (χ0n) is 19.0. The Bertz CT molecular complexity index is 1010. The minimum Gasteiger partial charge on any atom is -0.497 e. The van der Waals surface area contributed by atoms with E-state index in [4.69, 9.17) is 13.9 Å². The summed E-state index contributed by atoms with van der Waals surface area (Å²) in [7, 11) is 3.30. The van der Waals surface area contributed by atoms with Gasteiger partial charge in [-0.25, -0.2) is 4.98 Å². The highest BCUT2D eigenvalue weighted by Gasteiger charge is 2.20. The zero-order chi connectivity index (χ0) is 22.9. The van der Waals surface area contributed by atoms with E-state index < -0.39 is 0 Å². The van der Waals surface area contributed by atoms with Gasteiger partial charge in [-0.2, -0.15) is 0 Å². The van der Waals surface area contributed by atoms with Crippen molar-refractivity contribution in [1.82, 2.24) is 20.2 Å². The van der Waals surface area contributed by atoms with Crippen molar-refractivity contribution in [1.29, 1.82) is 0 Å². The van der Waals surface area contributed by atoms with E-state index in [0.29, 0.717) is 25.5 Å². The van der Waals surface area contributed by atoms with E-state index in [1.165, 1.54) is 6.26 Å². The van der Waals surface area contributed by atoms with Crippen LogP contribution in [0.2, 0.25) is 0 Å². The fourth-order valence-electron chi connectivity index (χ4n) is 3.29. The van der Waals surface area contributed by atoms with Gasteiger partial charge in [-0.1, -0.05) is 13.0 Å². The SMILES string of the molecule is CC[C@@H](C)N(Cc1nc(C(=O)NCc2cccnc2)co1)Cc1cc(OC)ccc1OC. The van der Waals surface area contributed by atoms with E-state index in [1.807, 2.05) is 30.3 Å². The van der Waals surface area contributed by atoms with E-state index >= 15 is 0 Å². The van der Waals surface area contributed by atoms with Crippen LogP contribution >= 0.6 is 0 Å². The van der Waals surface area contributed by atoms with Gasteiger partial charge in [-0.15, -0.1) is 0 Å². The van der Waals surface area contributed by atoms with Crippen molar-refractivity contribution in [3.63, 3.8) is 0 Å². The van der Waals surface area contributed by atoms with E-state index in [9.17, 15) is 4.79 Å². The van der Waals surface area contributed by atoms with Gasteiger partial charge in [0.1, 0.15) is 17.8 Å². The molecule has 3 aromatic rings. The summed E-state index contributed by atoms with van der Waals surface area (Å²) in [6.45, 7) is 5.75. The van der Waals surface area contributed by atoms with Crippen molar-refractivity contribution >= 4 is 5.91 Å². The number of rotatable bonds is 11. The van der Waals surface area contributed by atoms with E-state index in [1.54, 1.807) is 26.6 Å². The Labute approximate surface area is 188 Å². The standard InChI is InChI=1S/C24H30N4O4/c1-5-17(2)28(14-19-11-20(30-3)8-9-22(19)31-4)15-23-27-21(16-32-23)24(29)26-13-18-7-6-10-25-12-18/h6-12,16-17H,5,13-15H2,1-4H3,(H,26,29)/t17-/m1/s1. The first-order valence-corrected chi connectivity index (χ1v) is 10.6. The molecule has 1 amide bonds. The third-order valence-electron chi connectivity index (χ3n) is 5.37. The van der Waals surface area contributed by atoms with Crippen LogP contribution in [0.15, 0.2) is 53.4 Å². The second-order valence-corrected chi connectivity index (χ2v) is 7.51. The lowest BCUT2D eigenvalue weighted by Gasteiger charge is -2.28. The molecule has 2 heterocycles.